The summed E-state index contributed by atoms with van der Waals surface area (Å²) in [6.07, 6.45) is 5.13. The number of benzene rings is 2. The lowest BCUT2D eigenvalue weighted by Gasteiger charge is -2.20. The van der Waals surface area contributed by atoms with Crippen LogP contribution in [0.15, 0.2) is 42.5 Å². The molecule has 2 nitrogen and oxygen atoms in total. The van der Waals surface area contributed by atoms with Crippen LogP contribution in [0.25, 0.3) is 0 Å². The highest BCUT2D eigenvalue weighted by Crippen LogP contribution is 2.25. The first-order valence-corrected chi connectivity index (χ1v) is 7.85. The van der Waals surface area contributed by atoms with Gasteiger partial charge in [-0.2, -0.15) is 0 Å². The average molecular weight is 281 g/mol. The highest BCUT2D eigenvalue weighted by Gasteiger charge is 2.12. The third-order valence-electron chi connectivity index (χ3n) is 4.42. The van der Waals surface area contributed by atoms with Gasteiger partial charge in [-0.1, -0.05) is 30.3 Å². The van der Waals surface area contributed by atoms with Crippen molar-refractivity contribution in [2.24, 2.45) is 0 Å². The van der Waals surface area contributed by atoms with Crippen LogP contribution in [0.2, 0.25) is 0 Å². The summed E-state index contributed by atoms with van der Waals surface area (Å²) in [4.78, 5) is 0. The van der Waals surface area contributed by atoms with Crippen molar-refractivity contribution in [3.8, 4) is 5.75 Å². The van der Waals surface area contributed by atoms with Crippen LogP contribution in [0.5, 0.6) is 5.75 Å². The monoisotopic (exact) mass is 281 g/mol. The molecule has 2 heteroatoms. The fourth-order valence-electron chi connectivity index (χ4n) is 3.03. The van der Waals surface area contributed by atoms with Crippen LogP contribution >= 0.6 is 0 Å². The van der Waals surface area contributed by atoms with E-state index in [9.17, 15) is 5.11 Å². The van der Waals surface area contributed by atoms with Gasteiger partial charge in [-0.3, -0.25) is 0 Å². The minimum atomic E-state index is 0.321. The Hall–Kier alpha value is -1.80. The molecule has 0 heterocycles. The number of aromatic hydroxyl groups is 1. The number of hydrogen-bond acceptors (Lipinski definition) is 2. The Labute approximate surface area is 126 Å². The van der Waals surface area contributed by atoms with E-state index < -0.39 is 0 Å². The molecule has 1 atom stereocenters. The van der Waals surface area contributed by atoms with E-state index in [-0.39, 0.29) is 0 Å². The molecule has 3 rings (SSSR count). The molecule has 1 aliphatic rings. The third-order valence-corrected chi connectivity index (χ3v) is 4.42. The molecule has 2 aromatic rings. The van der Waals surface area contributed by atoms with Gasteiger partial charge in [-0.25, -0.2) is 0 Å². The highest BCUT2D eigenvalue weighted by molar-refractivity contribution is 5.35. The standard InChI is InChI=1S/C19H23NO/c1-14(20-13-15-6-10-19(21)11-7-15)17-9-8-16-4-2-3-5-18(16)12-17/h6-12,14,20-21H,2-5,13H2,1H3. The Morgan fingerprint density at radius 1 is 1.00 bits per heavy atom. The lowest BCUT2D eigenvalue weighted by Crippen LogP contribution is -2.18. The molecule has 0 aliphatic heterocycles. The van der Waals surface area contributed by atoms with Gasteiger partial charge in [0.15, 0.2) is 0 Å². The molecule has 0 amide bonds. The van der Waals surface area contributed by atoms with Crippen LogP contribution in [-0.4, -0.2) is 5.11 Å². The maximum atomic E-state index is 9.30. The molecule has 0 radical (unpaired) electrons. The van der Waals surface area contributed by atoms with Crippen molar-refractivity contribution < 1.29 is 5.11 Å². The minimum Gasteiger partial charge on any atom is -0.508 e. The highest BCUT2D eigenvalue weighted by atomic mass is 16.3. The first kappa shape index (κ1) is 14.2. The fourth-order valence-corrected chi connectivity index (χ4v) is 3.03. The summed E-state index contributed by atoms with van der Waals surface area (Å²) in [5.41, 5.74) is 5.64. The SMILES string of the molecule is CC(NCc1ccc(O)cc1)c1ccc2c(c1)CCCC2. The zero-order valence-corrected chi connectivity index (χ0v) is 12.6. The smallest absolute Gasteiger partial charge is 0.115 e. The summed E-state index contributed by atoms with van der Waals surface area (Å²) in [7, 11) is 0. The van der Waals surface area contributed by atoms with E-state index in [1.54, 1.807) is 12.1 Å². The van der Waals surface area contributed by atoms with E-state index in [4.69, 9.17) is 0 Å². The largest absolute Gasteiger partial charge is 0.508 e. The second-order valence-electron chi connectivity index (χ2n) is 6.00. The number of hydrogen-bond donors (Lipinski definition) is 2. The Kier molecular flexibility index (Phi) is 4.26. The summed E-state index contributed by atoms with van der Waals surface area (Å²) in [5.74, 6) is 0.321. The Morgan fingerprint density at radius 3 is 2.48 bits per heavy atom. The topological polar surface area (TPSA) is 32.3 Å². The third kappa shape index (κ3) is 3.45. The molecule has 0 bridgehead atoms. The zero-order valence-electron chi connectivity index (χ0n) is 12.6. The maximum absolute atomic E-state index is 9.30. The van der Waals surface area contributed by atoms with Gasteiger partial charge in [0.1, 0.15) is 5.75 Å². The number of nitrogens with one attached hydrogen (secondary N) is 1. The summed E-state index contributed by atoms with van der Waals surface area (Å²) in [6.45, 7) is 3.03. The lowest BCUT2D eigenvalue weighted by atomic mass is 9.89. The Bertz CT molecular complexity index is 603. The Balaban J connectivity index is 1.65. The van der Waals surface area contributed by atoms with Gasteiger partial charge in [0.25, 0.3) is 0 Å². The van der Waals surface area contributed by atoms with Gasteiger partial charge in [0.2, 0.25) is 0 Å². The van der Waals surface area contributed by atoms with Gasteiger partial charge in [0, 0.05) is 12.6 Å². The predicted molar refractivity (Wildman–Crippen MR) is 86.4 cm³/mol. The molecule has 0 saturated carbocycles. The molecule has 0 aromatic heterocycles. The zero-order chi connectivity index (χ0) is 14.7. The van der Waals surface area contributed by atoms with E-state index in [0.29, 0.717) is 11.8 Å². The number of fused-ring (bicyclic) bond motifs is 1. The maximum Gasteiger partial charge on any atom is 0.115 e. The van der Waals surface area contributed by atoms with Gasteiger partial charge >= 0.3 is 0 Å². The summed E-state index contributed by atoms with van der Waals surface area (Å²) < 4.78 is 0. The molecule has 21 heavy (non-hydrogen) atoms. The molecule has 110 valence electrons. The molecule has 1 aliphatic carbocycles. The summed E-state index contributed by atoms with van der Waals surface area (Å²) in [5, 5.41) is 12.9. The number of phenols is 1. The van der Waals surface area contributed by atoms with Crippen molar-refractivity contribution >= 4 is 0 Å². The molecule has 2 aromatic carbocycles. The second kappa shape index (κ2) is 6.31. The quantitative estimate of drug-likeness (QED) is 0.883. The van der Waals surface area contributed by atoms with Crippen LogP contribution in [0.1, 0.15) is 48.1 Å². The van der Waals surface area contributed by atoms with Crippen molar-refractivity contribution in [1.29, 1.82) is 0 Å². The van der Waals surface area contributed by atoms with Gasteiger partial charge < -0.3 is 10.4 Å². The minimum absolute atomic E-state index is 0.321. The Morgan fingerprint density at radius 2 is 1.71 bits per heavy atom. The molecule has 0 saturated heterocycles. The van der Waals surface area contributed by atoms with Crippen LogP contribution in [-0.2, 0) is 19.4 Å². The van der Waals surface area contributed by atoms with Crippen LogP contribution < -0.4 is 5.32 Å². The van der Waals surface area contributed by atoms with Crippen molar-refractivity contribution in [3.05, 3.63) is 64.7 Å². The van der Waals surface area contributed by atoms with E-state index in [1.165, 1.54) is 47.9 Å². The van der Waals surface area contributed by atoms with Crippen molar-refractivity contribution in [3.63, 3.8) is 0 Å². The number of phenolic OH excluding ortho intramolecular Hbond substituents is 1. The van der Waals surface area contributed by atoms with Gasteiger partial charge in [-0.05, 0) is 67.0 Å². The van der Waals surface area contributed by atoms with Gasteiger partial charge in [0.05, 0.1) is 0 Å². The first-order valence-electron chi connectivity index (χ1n) is 7.85. The van der Waals surface area contributed by atoms with E-state index in [1.807, 2.05) is 12.1 Å². The van der Waals surface area contributed by atoms with E-state index >= 15 is 0 Å². The van der Waals surface area contributed by atoms with Crippen LogP contribution in [0, 0.1) is 0 Å². The average Bonchev–Trinajstić information content (AvgIpc) is 2.53. The van der Waals surface area contributed by atoms with E-state index in [0.717, 1.165) is 6.54 Å². The molecular weight excluding hydrogens is 258 g/mol. The van der Waals surface area contributed by atoms with Crippen molar-refractivity contribution in [2.75, 3.05) is 0 Å². The molecular formula is C19H23NO. The number of aryl methyl sites for hydroxylation is 2. The predicted octanol–water partition coefficient (Wildman–Crippen LogP) is 4.12. The number of rotatable bonds is 4. The van der Waals surface area contributed by atoms with Crippen LogP contribution in [0.3, 0.4) is 0 Å². The second-order valence-corrected chi connectivity index (χ2v) is 6.00. The molecule has 2 N–H and O–H groups in total. The van der Waals surface area contributed by atoms with Gasteiger partial charge in [-0.15, -0.1) is 0 Å². The van der Waals surface area contributed by atoms with Crippen molar-refractivity contribution in [1.82, 2.24) is 5.32 Å². The fraction of sp³-hybridized carbons (Fsp3) is 0.368. The summed E-state index contributed by atoms with van der Waals surface area (Å²) in [6, 6.07) is 14.7. The van der Waals surface area contributed by atoms with Crippen LogP contribution in [0.4, 0.5) is 0 Å². The molecule has 0 fully saturated rings. The summed E-state index contributed by atoms with van der Waals surface area (Å²) >= 11 is 0. The normalized spacial score (nSPS) is 15.5. The lowest BCUT2D eigenvalue weighted by molar-refractivity contribution is 0.474. The van der Waals surface area contributed by atoms with E-state index in [2.05, 4.69) is 30.4 Å². The molecule has 1 unspecified atom stereocenters. The molecule has 0 spiro atoms. The van der Waals surface area contributed by atoms with Crippen molar-refractivity contribution in [2.45, 2.75) is 45.2 Å². The first-order chi connectivity index (χ1) is 10.2.